The summed E-state index contributed by atoms with van der Waals surface area (Å²) in [6.45, 7) is 6.17. The van der Waals surface area contributed by atoms with Crippen molar-refractivity contribution < 1.29 is 0 Å². The molecule has 0 aliphatic carbocycles. The number of rotatable bonds is 6. The van der Waals surface area contributed by atoms with E-state index in [4.69, 9.17) is 10.7 Å². The van der Waals surface area contributed by atoms with Crippen LogP contribution in [-0.2, 0) is 0 Å². The summed E-state index contributed by atoms with van der Waals surface area (Å²) in [5, 5.41) is 17.1. The van der Waals surface area contributed by atoms with Gasteiger partial charge >= 0.3 is 0 Å². The third kappa shape index (κ3) is 3.51. The molecule has 1 atom stereocenters. The number of hydrogen-bond donors (Lipinski definition) is 1. The van der Waals surface area contributed by atoms with E-state index in [9.17, 15) is 0 Å². The van der Waals surface area contributed by atoms with Gasteiger partial charge in [-0.25, -0.2) is 0 Å². The lowest BCUT2D eigenvalue weighted by atomic mass is 9.90. The molecule has 22 heavy (non-hydrogen) atoms. The maximum absolute atomic E-state index is 8.85. The predicted octanol–water partition coefficient (Wildman–Crippen LogP) is 5.06. The van der Waals surface area contributed by atoms with Crippen LogP contribution >= 0.6 is 0 Å². The molecular formula is C20H20N2. The third-order valence-corrected chi connectivity index (χ3v) is 3.91. The van der Waals surface area contributed by atoms with Gasteiger partial charge in [0.05, 0.1) is 6.07 Å². The van der Waals surface area contributed by atoms with Gasteiger partial charge < -0.3 is 5.41 Å². The van der Waals surface area contributed by atoms with E-state index in [0.717, 1.165) is 28.7 Å². The van der Waals surface area contributed by atoms with Crippen molar-refractivity contribution in [2.24, 2.45) is 5.92 Å². The fourth-order valence-corrected chi connectivity index (χ4v) is 2.45. The van der Waals surface area contributed by atoms with E-state index >= 15 is 0 Å². The van der Waals surface area contributed by atoms with Crippen LogP contribution in [0.15, 0.2) is 61.2 Å². The predicted molar refractivity (Wildman–Crippen MR) is 91.9 cm³/mol. The van der Waals surface area contributed by atoms with Crippen molar-refractivity contribution in [3.8, 4) is 6.07 Å². The number of nitriles is 1. The molecule has 0 heterocycles. The highest BCUT2D eigenvalue weighted by molar-refractivity contribution is 6.00. The summed E-state index contributed by atoms with van der Waals surface area (Å²) < 4.78 is 0. The number of nitrogens with zero attached hydrogens (tertiary/aromatic N) is 1. The summed E-state index contributed by atoms with van der Waals surface area (Å²) in [5.74, 6) is 0.00757. The molecular weight excluding hydrogens is 268 g/mol. The lowest BCUT2D eigenvalue weighted by Crippen LogP contribution is -2.13. The lowest BCUT2D eigenvalue weighted by Gasteiger charge is -2.14. The normalized spacial score (nSPS) is 11.5. The molecule has 0 amide bonds. The second-order valence-electron chi connectivity index (χ2n) is 5.30. The van der Waals surface area contributed by atoms with Crippen LogP contribution in [0.2, 0.25) is 0 Å². The minimum Gasteiger partial charge on any atom is -0.304 e. The minimum absolute atomic E-state index is 0.00757. The molecule has 0 radical (unpaired) electrons. The number of hydrogen-bond acceptors (Lipinski definition) is 2. The summed E-state index contributed by atoms with van der Waals surface area (Å²) in [5.41, 5.74) is 4.55. The zero-order valence-electron chi connectivity index (χ0n) is 12.8. The molecule has 110 valence electrons. The Bertz CT molecular complexity index is 691. The summed E-state index contributed by atoms with van der Waals surface area (Å²) in [6, 6.07) is 20.1. The molecule has 1 N–H and O–H groups in total. The first kappa shape index (κ1) is 15.7. The Morgan fingerprint density at radius 2 is 1.59 bits per heavy atom. The van der Waals surface area contributed by atoms with Crippen LogP contribution in [0.25, 0.3) is 5.57 Å². The van der Waals surface area contributed by atoms with Gasteiger partial charge in [-0.1, -0.05) is 68.1 Å². The highest BCUT2D eigenvalue weighted by atomic mass is 14.4. The van der Waals surface area contributed by atoms with Gasteiger partial charge in [0, 0.05) is 18.1 Å². The van der Waals surface area contributed by atoms with Crippen LogP contribution in [0.1, 0.15) is 36.5 Å². The maximum Gasteiger partial charge on any atom is 0.0628 e. The van der Waals surface area contributed by atoms with E-state index in [1.165, 1.54) is 0 Å². The molecule has 0 saturated carbocycles. The second-order valence-corrected chi connectivity index (χ2v) is 5.30. The van der Waals surface area contributed by atoms with Crippen molar-refractivity contribution in [2.45, 2.75) is 19.8 Å². The second kappa shape index (κ2) is 7.38. The molecule has 0 bridgehead atoms. The zero-order chi connectivity index (χ0) is 15.9. The Morgan fingerprint density at radius 1 is 1.05 bits per heavy atom. The summed E-state index contributed by atoms with van der Waals surface area (Å²) in [6.07, 6.45) is 1.21. The van der Waals surface area contributed by atoms with Gasteiger partial charge in [-0.3, -0.25) is 0 Å². The van der Waals surface area contributed by atoms with Gasteiger partial charge in [-0.15, -0.1) is 0 Å². The van der Waals surface area contributed by atoms with Crippen molar-refractivity contribution in [3.63, 3.8) is 0 Å². The lowest BCUT2D eigenvalue weighted by molar-refractivity contribution is 0.680. The standard InChI is InChI=1S/C20H20N2/c1-3-16(13-14-21)20(22)19-11-9-18(10-12-19)15(2)17-7-5-4-6-8-17/h4-12,16,22H,2-3,13H2,1H3/t16-/m0/s1. The van der Waals surface area contributed by atoms with Gasteiger partial charge in [-0.2, -0.15) is 5.26 Å². The Kier molecular flexibility index (Phi) is 5.27. The highest BCUT2D eigenvalue weighted by Gasteiger charge is 2.14. The van der Waals surface area contributed by atoms with Crippen LogP contribution < -0.4 is 0 Å². The van der Waals surface area contributed by atoms with Crippen LogP contribution in [0.5, 0.6) is 0 Å². The maximum atomic E-state index is 8.85. The molecule has 0 saturated heterocycles. The Hall–Kier alpha value is -2.66. The average Bonchev–Trinajstić information content (AvgIpc) is 2.59. The van der Waals surface area contributed by atoms with Crippen molar-refractivity contribution >= 4 is 11.3 Å². The van der Waals surface area contributed by atoms with Gasteiger partial charge in [0.1, 0.15) is 0 Å². The minimum atomic E-state index is 0.00757. The van der Waals surface area contributed by atoms with E-state index in [1.807, 2.05) is 61.5 Å². The van der Waals surface area contributed by atoms with E-state index < -0.39 is 0 Å². The molecule has 0 aromatic heterocycles. The van der Waals surface area contributed by atoms with E-state index in [2.05, 4.69) is 12.6 Å². The van der Waals surface area contributed by atoms with Crippen molar-refractivity contribution in [3.05, 3.63) is 77.9 Å². The first-order valence-electron chi connectivity index (χ1n) is 7.48. The molecule has 2 aromatic rings. The molecule has 0 spiro atoms. The SMILES string of the molecule is C=C(c1ccccc1)c1ccc(C(=N)[C@@H](CC)CC#N)cc1. The van der Waals surface area contributed by atoms with Gasteiger partial charge in [-0.05, 0) is 28.7 Å². The molecule has 2 rings (SSSR count). The van der Waals surface area contributed by atoms with Crippen molar-refractivity contribution in [1.82, 2.24) is 0 Å². The Balaban J connectivity index is 2.19. The molecule has 0 aliphatic heterocycles. The van der Waals surface area contributed by atoms with Crippen LogP contribution in [-0.4, -0.2) is 5.71 Å². The van der Waals surface area contributed by atoms with Gasteiger partial charge in [0.15, 0.2) is 0 Å². The smallest absolute Gasteiger partial charge is 0.0628 e. The number of nitrogens with one attached hydrogen (secondary N) is 1. The fraction of sp³-hybridized carbons (Fsp3) is 0.200. The van der Waals surface area contributed by atoms with Crippen LogP contribution in [0, 0.1) is 22.7 Å². The van der Waals surface area contributed by atoms with E-state index in [0.29, 0.717) is 12.1 Å². The first-order valence-corrected chi connectivity index (χ1v) is 7.48. The zero-order valence-corrected chi connectivity index (χ0v) is 12.8. The fourth-order valence-electron chi connectivity index (χ4n) is 2.45. The first-order chi connectivity index (χ1) is 10.7. The van der Waals surface area contributed by atoms with Crippen molar-refractivity contribution in [2.75, 3.05) is 0 Å². The highest BCUT2D eigenvalue weighted by Crippen LogP contribution is 2.23. The van der Waals surface area contributed by atoms with Crippen molar-refractivity contribution in [1.29, 1.82) is 10.7 Å². The van der Waals surface area contributed by atoms with E-state index in [-0.39, 0.29) is 5.92 Å². The summed E-state index contributed by atoms with van der Waals surface area (Å²) in [7, 11) is 0. The molecule has 2 heteroatoms. The molecule has 0 fully saturated rings. The monoisotopic (exact) mass is 288 g/mol. The Labute approximate surface area is 132 Å². The number of benzene rings is 2. The molecule has 2 nitrogen and oxygen atoms in total. The Morgan fingerprint density at radius 3 is 2.14 bits per heavy atom. The average molecular weight is 288 g/mol. The van der Waals surface area contributed by atoms with Gasteiger partial charge in [0.2, 0.25) is 0 Å². The molecule has 2 aromatic carbocycles. The molecule has 0 unspecified atom stereocenters. The van der Waals surface area contributed by atoms with E-state index in [1.54, 1.807) is 0 Å². The third-order valence-electron chi connectivity index (χ3n) is 3.91. The largest absolute Gasteiger partial charge is 0.304 e. The van der Waals surface area contributed by atoms with Crippen LogP contribution in [0.3, 0.4) is 0 Å². The van der Waals surface area contributed by atoms with Gasteiger partial charge in [0.25, 0.3) is 0 Å². The quantitative estimate of drug-likeness (QED) is 0.742. The molecule has 0 aliphatic rings. The topological polar surface area (TPSA) is 47.6 Å². The van der Waals surface area contributed by atoms with Crippen LogP contribution in [0.4, 0.5) is 0 Å². The summed E-state index contributed by atoms with van der Waals surface area (Å²) in [4.78, 5) is 0. The summed E-state index contributed by atoms with van der Waals surface area (Å²) >= 11 is 0.